The van der Waals surface area contributed by atoms with Gasteiger partial charge in [-0.2, -0.15) is 4.98 Å². The molecule has 1 amide bonds. The lowest BCUT2D eigenvalue weighted by Crippen LogP contribution is -2.42. The van der Waals surface area contributed by atoms with Gasteiger partial charge in [0, 0.05) is 24.2 Å². The first-order valence-electron chi connectivity index (χ1n) is 10.2. The fraction of sp³-hybridized carbons (Fsp3) is 0.348. The monoisotopic (exact) mass is 408 g/mol. The molecule has 0 radical (unpaired) electrons. The number of hydrogen-bond acceptors (Lipinski definition) is 5. The van der Waals surface area contributed by atoms with Crippen LogP contribution in [-0.2, 0) is 17.9 Å². The van der Waals surface area contributed by atoms with Gasteiger partial charge in [-0.3, -0.25) is 9.69 Å². The topological polar surface area (TPSA) is 71.3 Å². The molecule has 0 aliphatic carbocycles. The Morgan fingerprint density at radius 2 is 2.03 bits per heavy atom. The van der Waals surface area contributed by atoms with Crippen LogP contribution in [0.25, 0.3) is 11.5 Å². The van der Waals surface area contributed by atoms with E-state index in [2.05, 4.69) is 20.4 Å². The van der Waals surface area contributed by atoms with Crippen LogP contribution in [0.3, 0.4) is 0 Å². The third-order valence-electron chi connectivity index (χ3n) is 5.42. The molecule has 6 nitrogen and oxygen atoms in total. The first kappa shape index (κ1) is 20.2. The van der Waals surface area contributed by atoms with Gasteiger partial charge in [0.25, 0.3) is 5.89 Å². The maximum atomic E-state index is 13.7. The van der Waals surface area contributed by atoms with E-state index in [0.717, 1.165) is 24.9 Å². The maximum absolute atomic E-state index is 13.7. The molecular weight excluding hydrogens is 383 g/mol. The van der Waals surface area contributed by atoms with E-state index in [1.165, 1.54) is 11.6 Å². The van der Waals surface area contributed by atoms with Gasteiger partial charge in [-0.15, -0.1) is 0 Å². The fourth-order valence-electron chi connectivity index (χ4n) is 3.71. The van der Waals surface area contributed by atoms with Gasteiger partial charge in [0.1, 0.15) is 5.82 Å². The van der Waals surface area contributed by atoms with Crippen LogP contribution in [-0.4, -0.2) is 34.0 Å². The smallest absolute Gasteiger partial charge is 0.257 e. The number of carbonyl (C=O) groups excluding carboxylic acids is 1. The summed E-state index contributed by atoms with van der Waals surface area (Å²) in [4.78, 5) is 19.3. The van der Waals surface area contributed by atoms with Crippen molar-refractivity contribution in [1.29, 1.82) is 0 Å². The van der Waals surface area contributed by atoms with E-state index >= 15 is 0 Å². The summed E-state index contributed by atoms with van der Waals surface area (Å²) < 4.78 is 19.2. The van der Waals surface area contributed by atoms with Crippen LogP contribution in [0.4, 0.5) is 4.39 Å². The molecule has 1 unspecified atom stereocenters. The van der Waals surface area contributed by atoms with Gasteiger partial charge in [0.2, 0.25) is 5.91 Å². The number of aryl methyl sites for hydroxylation is 1. The quantitative estimate of drug-likeness (QED) is 0.673. The Bertz CT molecular complexity index is 1000. The van der Waals surface area contributed by atoms with Crippen LogP contribution in [0.5, 0.6) is 0 Å². The highest BCUT2D eigenvalue weighted by atomic mass is 19.1. The zero-order valence-electron chi connectivity index (χ0n) is 17.0. The highest BCUT2D eigenvalue weighted by molar-refractivity contribution is 5.79. The van der Waals surface area contributed by atoms with Crippen molar-refractivity contribution in [1.82, 2.24) is 20.4 Å². The van der Waals surface area contributed by atoms with E-state index in [1.807, 2.05) is 31.2 Å². The summed E-state index contributed by atoms with van der Waals surface area (Å²) in [6.45, 7) is 4.27. The van der Waals surface area contributed by atoms with Crippen molar-refractivity contribution in [3.05, 3.63) is 71.3 Å². The average molecular weight is 408 g/mol. The van der Waals surface area contributed by atoms with Crippen LogP contribution >= 0.6 is 0 Å². The molecule has 1 aliphatic heterocycles. The van der Waals surface area contributed by atoms with E-state index < -0.39 is 0 Å². The molecule has 0 spiro atoms. The second kappa shape index (κ2) is 9.17. The highest BCUT2D eigenvalue weighted by Crippen LogP contribution is 2.21. The van der Waals surface area contributed by atoms with Crippen LogP contribution in [0.15, 0.2) is 53.1 Å². The van der Waals surface area contributed by atoms with Crippen molar-refractivity contribution in [2.24, 2.45) is 5.92 Å². The number of nitrogens with one attached hydrogen (secondary N) is 1. The van der Waals surface area contributed by atoms with Gasteiger partial charge in [0.15, 0.2) is 5.82 Å². The number of aromatic nitrogens is 2. The maximum Gasteiger partial charge on any atom is 0.257 e. The third kappa shape index (κ3) is 4.91. The van der Waals surface area contributed by atoms with Crippen LogP contribution in [0, 0.1) is 18.7 Å². The first-order chi connectivity index (χ1) is 14.6. The Balaban J connectivity index is 1.32. The van der Waals surface area contributed by atoms with E-state index in [9.17, 15) is 9.18 Å². The second-order valence-electron chi connectivity index (χ2n) is 7.77. The Morgan fingerprint density at radius 3 is 2.83 bits per heavy atom. The van der Waals surface area contributed by atoms with Crippen molar-refractivity contribution in [2.45, 2.75) is 32.9 Å². The molecule has 0 bridgehead atoms. The number of piperidine rings is 1. The van der Waals surface area contributed by atoms with Crippen molar-refractivity contribution >= 4 is 5.91 Å². The van der Waals surface area contributed by atoms with E-state index in [-0.39, 0.29) is 24.2 Å². The number of amides is 1. The minimum atomic E-state index is -0.301. The van der Waals surface area contributed by atoms with Crippen LogP contribution in [0.2, 0.25) is 0 Å². The van der Waals surface area contributed by atoms with Gasteiger partial charge in [0.05, 0.1) is 12.5 Å². The Kier molecular flexibility index (Phi) is 6.18. The number of likely N-dealkylation sites (tertiary alicyclic amines) is 1. The summed E-state index contributed by atoms with van der Waals surface area (Å²) in [5.41, 5.74) is 2.56. The molecule has 0 saturated carbocycles. The molecule has 30 heavy (non-hydrogen) atoms. The summed E-state index contributed by atoms with van der Waals surface area (Å²) >= 11 is 0. The predicted molar refractivity (Wildman–Crippen MR) is 111 cm³/mol. The predicted octanol–water partition coefficient (Wildman–Crippen LogP) is 3.71. The van der Waals surface area contributed by atoms with Gasteiger partial charge < -0.3 is 9.84 Å². The van der Waals surface area contributed by atoms with Crippen molar-refractivity contribution in [3.63, 3.8) is 0 Å². The molecule has 156 valence electrons. The Morgan fingerprint density at radius 1 is 1.23 bits per heavy atom. The molecule has 1 aromatic heterocycles. The molecule has 1 atom stereocenters. The van der Waals surface area contributed by atoms with Gasteiger partial charge in [-0.25, -0.2) is 4.39 Å². The summed E-state index contributed by atoms with van der Waals surface area (Å²) in [5, 5.41) is 6.96. The first-order valence-corrected chi connectivity index (χ1v) is 10.2. The molecule has 1 N–H and O–H groups in total. The summed E-state index contributed by atoms with van der Waals surface area (Å²) in [7, 11) is 0. The van der Waals surface area contributed by atoms with Crippen molar-refractivity contribution in [2.75, 3.05) is 13.1 Å². The number of halogens is 1. The molecule has 4 rings (SSSR count). The summed E-state index contributed by atoms with van der Waals surface area (Å²) in [6.07, 6.45) is 1.74. The zero-order valence-corrected chi connectivity index (χ0v) is 17.0. The largest absolute Gasteiger partial charge is 0.352 e. The Hall–Kier alpha value is -3.06. The third-order valence-corrected chi connectivity index (χ3v) is 5.42. The number of nitrogens with zero attached hydrogens (tertiary/aromatic N) is 3. The molecule has 1 aliphatic rings. The second-order valence-corrected chi connectivity index (χ2v) is 7.77. The zero-order chi connectivity index (χ0) is 20.9. The molecular formula is C23H25FN4O2. The standard InChI is InChI=1S/C23H25FN4O2/c1-16-8-10-17(11-9-16)23-26-21(27-30-23)15-28-12-4-6-19(14-28)22(29)25-13-18-5-2-3-7-20(18)24/h2-3,5,7-11,19H,4,6,12-15H2,1H3,(H,25,29). The summed E-state index contributed by atoms with van der Waals surface area (Å²) in [5.74, 6) is 0.633. The molecule has 2 heterocycles. The van der Waals surface area contributed by atoms with Crippen molar-refractivity contribution < 1.29 is 13.7 Å². The lowest BCUT2D eigenvalue weighted by atomic mass is 9.97. The van der Waals surface area contributed by atoms with E-state index in [4.69, 9.17) is 4.52 Å². The molecule has 1 saturated heterocycles. The van der Waals surface area contributed by atoms with Crippen LogP contribution < -0.4 is 5.32 Å². The summed E-state index contributed by atoms with van der Waals surface area (Å²) in [6, 6.07) is 14.4. The lowest BCUT2D eigenvalue weighted by molar-refractivity contribution is -0.127. The molecule has 3 aromatic rings. The molecule has 2 aromatic carbocycles. The van der Waals surface area contributed by atoms with Gasteiger partial charge in [-0.05, 0) is 44.5 Å². The number of rotatable bonds is 6. The van der Waals surface area contributed by atoms with Gasteiger partial charge >= 0.3 is 0 Å². The van der Waals surface area contributed by atoms with Crippen molar-refractivity contribution in [3.8, 4) is 11.5 Å². The van der Waals surface area contributed by atoms with E-state index in [0.29, 0.717) is 30.4 Å². The average Bonchev–Trinajstić information content (AvgIpc) is 3.22. The SMILES string of the molecule is Cc1ccc(-c2nc(CN3CCCC(C(=O)NCc4ccccc4F)C3)no2)cc1. The molecule has 1 fully saturated rings. The fourth-order valence-corrected chi connectivity index (χ4v) is 3.71. The minimum absolute atomic E-state index is 0.0450. The highest BCUT2D eigenvalue weighted by Gasteiger charge is 2.26. The normalized spacial score (nSPS) is 17.1. The lowest BCUT2D eigenvalue weighted by Gasteiger charge is -2.31. The molecule has 7 heteroatoms. The Labute approximate surface area is 175 Å². The number of carbonyl (C=O) groups is 1. The van der Waals surface area contributed by atoms with E-state index in [1.54, 1.807) is 18.2 Å². The minimum Gasteiger partial charge on any atom is -0.352 e. The number of hydrogen-bond donors (Lipinski definition) is 1. The van der Waals surface area contributed by atoms with Crippen LogP contribution in [0.1, 0.15) is 29.8 Å². The van der Waals surface area contributed by atoms with Gasteiger partial charge in [-0.1, -0.05) is 41.1 Å². The number of benzene rings is 2.